The van der Waals surface area contributed by atoms with Crippen LogP contribution in [0, 0.1) is 0 Å². The summed E-state index contributed by atoms with van der Waals surface area (Å²) in [4.78, 5) is 12.2. The fourth-order valence-electron chi connectivity index (χ4n) is 3.36. The van der Waals surface area contributed by atoms with Crippen LogP contribution in [-0.4, -0.2) is 62.0 Å². The van der Waals surface area contributed by atoms with Crippen molar-refractivity contribution in [3.05, 3.63) is 24.3 Å². The van der Waals surface area contributed by atoms with Gasteiger partial charge in [-0.2, -0.15) is 4.31 Å². The number of nitrogens with one attached hydrogen (secondary N) is 1. The van der Waals surface area contributed by atoms with Crippen LogP contribution in [0.15, 0.2) is 29.2 Å². The van der Waals surface area contributed by atoms with Crippen LogP contribution in [0.5, 0.6) is 5.75 Å². The molecule has 0 radical (unpaired) electrons. The van der Waals surface area contributed by atoms with Gasteiger partial charge in [-0.1, -0.05) is 13.3 Å². The van der Waals surface area contributed by atoms with Crippen LogP contribution in [0.4, 0.5) is 0 Å². The normalized spacial score (nSPS) is 22.3. The first kappa shape index (κ1) is 21.0. The molecule has 1 aromatic rings. The summed E-state index contributed by atoms with van der Waals surface area (Å²) in [5, 5.41) is 9.06. The average Bonchev–Trinajstić information content (AvgIpc) is 3.08. The maximum atomic E-state index is 13.2. The second kappa shape index (κ2) is 8.75. The van der Waals surface area contributed by atoms with Crippen LogP contribution >= 0.6 is 0 Å². The van der Waals surface area contributed by atoms with Crippen molar-refractivity contribution in [1.82, 2.24) is 9.79 Å². The molecule has 1 atom stereocenters. The molecule has 0 saturated carbocycles. The molecular weight excluding hydrogens is 388 g/mol. The standard InChI is InChI=1S/C18H26N2O7S/c1-2-3-9-25-14-5-7-15(8-6-14)28(23,24)20-13-18(26-10-4-11-27-18)12-16(20)17(21)19-22/h5-8,16,22H,2-4,9-13H2,1H3,(H,19,21). The number of carbonyl (C=O) groups excluding carboxylic acids is 1. The Bertz CT molecular complexity index is 776. The quantitative estimate of drug-likeness (QED) is 0.392. The molecule has 1 aromatic carbocycles. The van der Waals surface area contributed by atoms with E-state index in [0.29, 0.717) is 32.0 Å². The molecule has 156 valence electrons. The number of rotatable bonds is 7. The predicted molar refractivity (Wildman–Crippen MR) is 98.3 cm³/mol. The molecular formula is C18H26N2O7S. The summed E-state index contributed by atoms with van der Waals surface area (Å²) >= 11 is 0. The number of benzene rings is 1. The Morgan fingerprint density at radius 2 is 2.00 bits per heavy atom. The van der Waals surface area contributed by atoms with Crippen LogP contribution in [0.25, 0.3) is 0 Å². The van der Waals surface area contributed by atoms with Gasteiger partial charge in [0.25, 0.3) is 5.91 Å². The molecule has 0 aliphatic carbocycles. The van der Waals surface area contributed by atoms with E-state index in [1.54, 1.807) is 17.6 Å². The zero-order valence-corrected chi connectivity index (χ0v) is 16.6. The Morgan fingerprint density at radius 1 is 1.32 bits per heavy atom. The summed E-state index contributed by atoms with van der Waals surface area (Å²) in [6, 6.07) is 4.93. The summed E-state index contributed by atoms with van der Waals surface area (Å²) in [6.07, 6.45) is 2.62. The molecule has 10 heteroatoms. The SMILES string of the molecule is CCCCOc1ccc(S(=O)(=O)N2CC3(CC2C(=O)NO)OCCCO3)cc1. The molecule has 3 rings (SSSR count). The first-order valence-electron chi connectivity index (χ1n) is 9.38. The highest BCUT2D eigenvalue weighted by molar-refractivity contribution is 7.89. The van der Waals surface area contributed by atoms with Gasteiger partial charge >= 0.3 is 0 Å². The van der Waals surface area contributed by atoms with Crippen LogP contribution < -0.4 is 10.2 Å². The van der Waals surface area contributed by atoms with Gasteiger partial charge in [-0.3, -0.25) is 10.0 Å². The number of ether oxygens (including phenoxy) is 3. The van der Waals surface area contributed by atoms with Crippen molar-refractivity contribution in [2.75, 3.05) is 26.4 Å². The number of hydrogen-bond acceptors (Lipinski definition) is 7. The fraction of sp³-hybridized carbons (Fsp3) is 0.611. The number of hydroxylamine groups is 1. The van der Waals surface area contributed by atoms with E-state index in [9.17, 15) is 13.2 Å². The molecule has 28 heavy (non-hydrogen) atoms. The van der Waals surface area contributed by atoms with Crippen molar-refractivity contribution >= 4 is 15.9 Å². The Kier molecular flexibility index (Phi) is 6.56. The van der Waals surface area contributed by atoms with E-state index < -0.39 is 27.8 Å². The Hall–Kier alpha value is -1.72. The molecule has 1 amide bonds. The highest BCUT2D eigenvalue weighted by atomic mass is 32.2. The topological polar surface area (TPSA) is 114 Å². The number of nitrogens with zero attached hydrogens (tertiary/aromatic N) is 1. The molecule has 2 aliphatic heterocycles. The summed E-state index contributed by atoms with van der Waals surface area (Å²) in [5.41, 5.74) is 1.54. The van der Waals surface area contributed by atoms with E-state index in [1.807, 2.05) is 0 Å². The number of amides is 1. The molecule has 1 spiro atoms. The van der Waals surface area contributed by atoms with E-state index in [-0.39, 0.29) is 17.9 Å². The molecule has 2 N–H and O–H groups in total. The predicted octanol–water partition coefficient (Wildman–Crippen LogP) is 1.27. The summed E-state index contributed by atoms with van der Waals surface area (Å²) in [6.45, 7) is 3.34. The minimum absolute atomic E-state index is 0.0107. The molecule has 2 saturated heterocycles. The van der Waals surface area contributed by atoms with Crippen molar-refractivity contribution in [2.45, 2.75) is 49.3 Å². The lowest BCUT2D eigenvalue weighted by atomic mass is 10.1. The second-order valence-electron chi connectivity index (χ2n) is 6.88. The third-order valence-corrected chi connectivity index (χ3v) is 6.75. The Morgan fingerprint density at radius 3 is 2.61 bits per heavy atom. The molecule has 0 bridgehead atoms. The first-order chi connectivity index (χ1) is 13.4. The van der Waals surface area contributed by atoms with Crippen LogP contribution in [-0.2, 0) is 24.3 Å². The molecule has 2 heterocycles. The van der Waals surface area contributed by atoms with Crippen molar-refractivity contribution in [1.29, 1.82) is 0 Å². The third kappa shape index (κ3) is 4.31. The monoisotopic (exact) mass is 414 g/mol. The molecule has 9 nitrogen and oxygen atoms in total. The highest BCUT2D eigenvalue weighted by Gasteiger charge is 2.54. The third-order valence-electron chi connectivity index (χ3n) is 4.88. The summed E-state index contributed by atoms with van der Waals surface area (Å²) < 4.78 is 44.3. The summed E-state index contributed by atoms with van der Waals surface area (Å²) in [5.74, 6) is -1.42. The smallest absolute Gasteiger partial charge is 0.261 e. The molecule has 2 fully saturated rings. The maximum Gasteiger partial charge on any atom is 0.261 e. The maximum absolute atomic E-state index is 13.2. The largest absolute Gasteiger partial charge is 0.494 e. The number of hydrogen-bond donors (Lipinski definition) is 2. The average molecular weight is 414 g/mol. The van der Waals surface area contributed by atoms with Crippen LogP contribution in [0.1, 0.15) is 32.6 Å². The van der Waals surface area contributed by atoms with Gasteiger partial charge in [0.05, 0.1) is 31.3 Å². The summed E-state index contributed by atoms with van der Waals surface area (Å²) in [7, 11) is -4.01. The van der Waals surface area contributed by atoms with E-state index >= 15 is 0 Å². The van der Waals surface area contributed by atoms with Crippen LogP contribution in [0.2, 0.25) is 0 Å². The lowest BCUT2D eigenvalue weighted by Crippen LogP contribution is -2.45. The Labute approximate surface area is 164 Å². The number of carbonyl (C=O) groups is 1. The van der Waals surface area contributed by atoms with Gasteiger partial charge < -0.3 is 14.2 Å². The molecule has 2 aliphatic rings. The second-order valence-corrected chi connectivity index (χ2v) is 8.77. The van der Waals surface area contributed by atoms with Gasteiger partial charge in [-0.15, -0.1) is 0 Å². The van der Waals surface area contributed by atoms with E-state index in [2.05, 4.69) is 6.92 Å². The van der Waals surface area contributed by atoms with Crippen molar-refractivity contribution in [3.63, 3.8) is 0 Å². The van der Waals surface area contributed by atoms with Crippen LogP contribution in [0.3, 0.4) is 0 Å². The van der Waals surface area contributed by atoms with Gasteiger partial charge in [-0.05, 0) is 37.1 Å². The zero-order valence-electron chi connectivity index (χ0n) is 15.8. The lowest BCUT2D eigenvalue weighted by molar-refractivity contribution is -0.256. The van der Waals surface area contributed by atoms with Gasteiger partial charge in [0.1, 0.15) is 11.8 Å². The first-order valence-corrected chi connectivity index (χ1v) is 10.8. The van der Waals surface area contributed by atoms with E-state index in [4.69, 9.17) is 19.4 Å². The minimum Gasteiger partial charge on any atom is -0.494 e. The highest BCUT2D eigenvalue weighted by Crippen LogP contribution is 2.37. The zero-order chi connectivity index (χ0) is 20.2. The van der Waals surface area contributed by atoms with E-state index in [1.165, 1.54) is 12.1 Å². The Balaban J connectivity index is 1.82. The molecule has 1 unspecified atom stereocenters. The fourth-order valence-corrected chi connectivity index (χ4v) is 4.99. The minimum atomic E-state index is -4.01. The van der Waals surface area contributed by atoms with Gasteiger partial charge in [0.15, 0.2) is 5.79 Å². The number of unbranched alkanes of at least 4 members (excludes halogenated alkanes) is 1. The van der Waals surface area contributed by atoms with E-state index in [0.717, 1.165) is 17.1 Å². The van der Waals surface area contributed by atoms with Crippen molar-refractivity contribution in [2.24, 2.45) is 0 Å². The molecule has 0 aromatic heterocycles. The van der Waals surface area contributed by atoms with Gasteiger partial charge in [-0.25, -0.2) is 13.9 Å². The van der Waals surface area contributed by atoms with Gasteiger partial charge in [0.2, 0.25) is 10.0 Å². The van der Waals surface area contributed by atoms with Gasteiger partial charge in [0, 0.05) is 6.42 Å². The number of sulfonamides is 1. The lowest BCUT2D eigenvalue weighted by Gasteiger charge is -2.33. The van der Waals surface area contributed by atoms with Crippen molar-refractivity contribution < 1.29 is 32.6 Å². The van der Waals surface area contributed by atoms with Crippen molar-refractivity contribution in [3.8, 4) is 5.75 Å².